The average Bonchev–Trinajstić information content (AvgIpc) is 2.44. The molecule has 1 heterocycles. The highest BCUT2D eigenvalue weighted by atomic mass is 16.6. The van der Waals surface area contributed by atoms with Crippen LogP contribution in [0.2, 0.25) is 0 Å². The van der Waals surface area contributed by atoms with Gasteiger partial charge in [0.2, 0.25) is 0 Å². The van der Waals surface area contributed by atoms with Crippen molar-refractivity contribution in [2.24, 2.45) is 11.3 Å². The van der Waals surface area contributed by atoms with Crippen LogP contribution >= 0.6 is 0 Å². The highest BCUT2D eigenvalue weighted by Gasteiger charge is 2.27. The highest BCUT2D eigenvalue weighted by molar-refractivity contribution is 5.68. The van der Waals surface area contributed by atoms with Crippen LogP contribution in [-0.4, -0.2) is 56.5 Å². The molecule has 1 amide bonds. The Hall–Kier alpha value is -0.810. The molecule has 0 spiro atoms. The minimum atomic E-state index is -0.413. The quantitative estimate of drug-likeness (QED) is 0.779. The number of nitrogens with zero attached hydrogens (tertiary/aromatic N) is 1. The molecule has 1 saturated heterocycles. The lowest BCUT2D eigenvalue weighted by Gasteiger charge is -2.34. The Morgan fingerprint density at radius 2 is 1.78 bits per heavy atom. The van der Waals surface area contributed by atoms with Gasteiger partial charge in [-0.15, -0.1) is 0 Å². The first-order valence-corrected chi connectivity index (χ1v) is 8.80. The van der Waals surface area contributed by atoms with Gasteiger partial charge in [0, 0.05) is 33.4 Å². The number of amides is 1. The second-order valence-corrected chi connectivity index (χ2v) is 8.45. The van der Waals surface area contributed by atoms with E-state index in [-0.39, 0.29) is 11.5 Å². The van der Waals surface area contributed by atoms with E-state index in [1.807, 2.05) is 25.7 Å². The summed E-state index contributed by atoms with van der Waals surface area (Å²) >= 11 is 0. The van der Waals surface area contributed by atoms with Gasteiger partial charge in [-0.25, -0.2) is 4.79 Å². The molecule has 1 rings (SSSR count). The normalized spacial score (nSPS) is 17.4. The van der Waals surface area contributed by atoms with Gasteiger partial charge in [0.1, 0.15) is 5.60 Å². The molecule has 1 N–H and O–H groups in total. The van der Waals surface area contributed by atoms with Crippen molar-refractivity contribution in [3.63, 3.8) is 0 Å². The van der Waals surface area contributed by atoms with E-state index in [2.05, 4.69) is 19.2 Å². The maximum absolute atomic E-state index is 12.0. The number of piperidine rings is 1. The van der Waals surface area contributed by atoms with E-state index in [1.54, 1.807) is 7.11 Å². The third-order valence-electron chi connectivity index (χ3n) is 4.29. The number of likely N-dealkylation sites (tertiary alicyclic amines) is 1. The Morgan fingerprint density at radius 3 is 2.30 bits per heavy atom. The zero-order chi connectivity index (χ0) is 17.5. The van der Waals surface area contributed by atoms with E-state index in [1.165, 1.54) is 0 Å². The summed E-state index contributed by atoms with van der Waals surface area (Å²) in [5.41, 5.74) is -0.156. The maximum atomic E-state index is 12.0. The summed E-state index contributed by atoms with van der Waals surface area (Å²) in [6.07, 6.45) is 2.98. The molecule has 136 valence electrons. The second-order valence-electron chi connectivity index (χ2n) is 8.45. The van der Waals surface area contributed by atoms with Crippen LogP contribution in [0.1, 0.15) is 53.9 Å². The molecule has 0 aromatic rings. The molecule has 23 heavy (non-hydrogen) atoms. The Morgan fingerprint density at radius 1 is 1.17 bits per heavy atom. The molecule has 0 saturated carbocycles. The smallest absolute Gasteiger partial charge is 0.410 e. The van der Waals surface area contributed by atoms with Gasteiger partial charge in [-0.05, 0) is 57.9 Å². The highest BCUT2D eigenvalue weighted by Crippen LogP contribution is 2.21. The van der Waals surface area contributed by atoms with Crippen LogP contribution in [0.4, 0.5) is 4.79 Å². The molecule has 5 heteroatoms. The molecule has 1 fully saturated rings. The van der Waals surface area contributed by atoms with Crippen molar-refractivity contribution in [1.29, 1.82) is 0 Å². The van der Waals surface area contributed by atoms with Crippen molar-refractivity contribution in [2.45, 2.75) is 59.5 Å². The number of carbonyl (C=O) groups is 1. The lowest BCUT2D eigenvalue weighted by atomic mass is 9.89. The zero-order valence-corrected chi connectivity index (χ0v) is 15.9. The summed E-state index contributed by atoms with van der Waals surface area (Å²) in [5, 5.41) is 3.60. The minimum absolute atomic E-state index is 0.176. The Bertz CT molecular complexity index is 356. The number of nitrogens with one attached hydrogen (secondary N) is 1. The fraction of sp³-hybridized carbons (Fsp3) is 0.944. The van der Waals surface area contributed by atoms with Crippen molar-refractivity contribution in [3.8, 4) is 0 Å². The third kappa shape index (κ3) is 8.56. The molecule has 1 aliphatic heterocycles. The summed E-state index contributed by atoms with van der Waals surface area (Å²) in [4.78, 5) is 13.9. The number of methoxy groups -OCH3 is 1. The summed E-state index contributed by atoms with van der Waals surface area (Å²) < 4.78 is 10.6. The molecular weight excluding hydrogens is 292 g/mol. The molecule has 0 radical (unpaired) electrons. The van der Waals surface area contributed by atoms with Crippen molar-refractivity contribution in [3.05, 3.63) is 0 Å². The SMILES string of the molecule is COCCC(C)(C)CNCC1CCN(C(=O)OC(C)(C)C)CC1. The van der Waals surface area contributed by atoms with Gasteiger partial charge in [-0.3, -0.25) is 0 Å². The Kier molecular flexibility index (Phi) is 7.81. The first kappa shape index (κ1) is 20.2. The topological polar surface area (TPSA) is 50.8 Å². The van der Waals surface area contributed by atoms with Gasteiger partial charge < -0.3 is 19.7 Å². The van der Waals surface area contributed by atoms with Gasteiger partial charge in [0.15, 0.2) is 0 Å². The first-order valence-electron chi connectivity index (χ1n) is 8.80. The van der Waals surface area contributed by atoms with Crippen molar-refractivity contribution >= 4 is 6.09 Å². The lowest BCUT2D eigenvalue weighted by molar-refractivity contribution is 0.0183. The monoisotopic (exact) mass is 328 g/mol. The summed E-state index contributed by atoms with van der Waals surface area (Å²) in [6, 6.07) is 0. The van der Waals surface area contributed by atoms with Crippen LogP contribution in [0.5, 0.6) is 0 Å². The fourth-order valence-corrected chi connectivity index (χ4v) is 2.73. The van der Waals surface area contributed by atoms with E-state index < -0.39 is 5.60 Å². The van der Waals surface area contributed by atoms with Crippen molar-refractivity contribution in [2.75, 3.05) is 39.9 Å². The molecule has 0 aromatic heterocycles. The number of ether oxygens (including phenoxy) is 2. The van der Waals surface area contributed by atoms with Crippen LogP contribution in [0.25, 0.3) is 0 Å². The van der Waals surface area contributed by atoms with Gasteiger partial charge in [0.25, 0.3) is 0 Å². The molecule has 0 aromatic carbocycles. The van der Waals surface area contributed by atoms with Gasteiger partial charge in [-0.2, -0.15) is 0 Å². The van der Waals surface area contributed by atoms with E-state index in [0.29, 0.717) is 5.92 Å². The van der Waals surface area contributed by atoms with Crippen LogP contribution < -0.4 is 5.32 Å². The van der Waals surface area contributed by atoms with Crippen LogP contribution in [0.3, 0.4) is 0 Å². The fourth-order valence-electron chi connectivity index (χ4n) is 2.73. The zero-order valence-electron chi connectivity index (χ0n) is 15.9. The Labute approximate surface area is 142 Å². The number of rotatable bonds is 7. The molecule has 0 aliphatic carbocycles. The predicted octanol–water partition coefficient (Wildman–Crippen LogP) is 3.29. The minimum Gasteiger partial charge on any atom is -0.444 e. The van der Waals surface area contributed by atoms with Crippen LogP contribution in [0, 0.1) is 11.3 Å². The predicted molar refractivity (Wildman–Crippen MR) is 93.7 cm³/mol. The summed E-state index contributed by atoms with van der Waals surface area (Å²) in [7, 11) is 1.75. The molecule has 0 atom stereocenters. The van der Waals surface area contributed by atoms with Gasteiger partial charge in [0.05, 0.1) is 0 Å². The maximum Gasteiger partial charge on any atom is 0.410 e. The standard InChI is InChI=1S/C18H36N2O3/c1-17(2,3)23-16(21)20-10-7-15(8-11-20)13-19-14-18(4,5)9-12-22-6/h15,19H,7-14H2,1-6H3. The van der Waals surface area contributed by atoms with Gasteiger partial charge in [-0.1, -0.05) is 13.8 Å². The molecule has 0 bridgehead atoms. The number of hydrogen-bond donors (Lipinski definition) is 1. The largest absolute Gasteiger partial charge is 0.444 e. The summed E-state index contributed by atoms with van der Waals surface area (Å²) in [6.45, 7) is 14.7. The van der Waals surface area contributed by atoms with E-state index >= 15 is 0 Å². The summed E-state index contributed by atoms with van der Waals surface area (Å²) in [5.74, 6) is 0.645. The third-order valence-corrected chi connectivity index (χ3v) is 4.29. The molecule has 1 aliphatic rings. The Balaban J connectivity index is 2.23. The number of hydrogen-bond acceptors (Lipinski definition) is 4. The second kappa shape index (κ2) is 8.88. The average molecular weight is 328 g/mol. The molecular formula is C18H36N2O3. The van der Waals surface area contributed by atoms with Crippen LogP contribution in [-0.2, 0) is 9.47 Å². The molecule has 5 nitrogen and oxygen atoms in total. The van der Waals surface area contributed by atoms with Crippen molar-refractivity contribution in [1.82, 2.24) is 10.2 Å². The van der Waals surface area contributed by atoms with Crippen molar-refractivity contribution < 1.29 is 14.3 Å². The van der Waals surface area contributed by atoms with Crippen LogP contribution in [0.15, 0.2) is 0 Å². The van der Waals surface area contributed by atoms with Gasteiger partial charge >= 0.3 is 6.09 Å². The van der Waals surface area contributed by atoms with E-state index in [9.17, 15) is 4.79 Å². The number of carbonyl (C=O) groups excluding carboxylic acids is 1. The molecule has 0 unspecified atom stereocenters. The lowest BCUT2D eigenvalue weighted by Crippen LogP contribution is -2.43. The first-order chi connectivity index (χ1) is 10.6. The van der Waals surface area contributed by atoms with E-state index in [0.717, 1.165) is 52.0 Å². The van der Waals surface area contributed by atoms with E-state index in [4.69, 9.17) is 9.47 Å².